The van der Waals surface area contributed by atoms with Gasteiger partial charge >= 0.3 is 0 Å². The molecule has 0 bridgehead atoms. The van der Waals surface area contributed by atoms with E-state index in [1.165, 1.54) is 11.3 Å². The van der Waals surface area contributed by atoms with E-state index in [0.717, 1.165) is 28.1 Å². The normalized spacial score (nSPS) is 11.9. The highest BCUT2D eigenvalue weighted by Crippen LogP contribution is 2.30. The van der Waals surface area contributed by atoms with Crippen LogP contribution in [-0.4, -0.2) is 17.6 Å². The minimum Gasteiger partial charge on any atom is -0.495 e. The zero-order valence-electron chi connectivity index (χ0n) is 13.4. The van der Waals surface area contributed by atoms with Gasteiger partial charge in [0.1, 0.15) is 11.3 Å². The molecule has 1 heterocycles. The van der Waals surface area contributed by atoms with Crippen LogP contribution in [0.3, 0.4) is 0 Å². The molecule has 3 rings (SSSR count). The molecule has 0 fully saturated rings. The van der Waals surface area contributed by atoms with E-state index >= 15 is 0 Å². The molecule has 0 N–H and O–H groups in total. The number of fused-ring (bicyclic) bond motifs is 1. The van der Waals surface area contributed by atoms with Crippen LogP contribution in [0, 0.1) is 6.92 Å². The summed E-state index contributed by atoms with van der Waals surface area (Å²) in [7, 11) is 1.66. The van der Waals surface area contributed by atoms with Crippen molar-refractivity contribution in [2.75, 3.05) is 7.11 Å². The minimum absolute atomic E-state index is 0.226. The van der Waals surface area contributed by atoms with E-state index in [4.69, 9.17) is 4.74 Å². The van der Waals surface area contributed by atoms with E-state index in [-0.39, 0.29) is 5.91 Å². The smallest absolute Gasteiger partial charge is 0.279 e. The predicted octanol–water partition coefficient (Wildman–Crippen LogP) is 3.78. The SMILES string of the molecule is CCn1c(=NC(=O)c2ccccc2)sc2c(C)ccc(OC)c21. The van der Waals surface area contributed by atoms with E-state index in [9.17, 15) is 4.79 Å². The molecule has 0 aliphatic heterocycles. The second-order valence-electron chi connectivity index (χ2n) is 5.17. The summed E-state index contributed by atoms with van der Waals surface area (Å²) in [6.07, 6.45) is 0. The summed E-state index contributed by atoms with van der Waals surface area (Å²) < 4.78 is 8.62. The summed E-state index contributed by atoms with van der Waals surface area (Å²) in [5.74, 6) is 0.577. The summed E-state index contributed by atoms with van der Waals surface area (Å²) >= 11 is 1.52. The monoisotopic (exact) mass is 326 g/mol. The van der Waals surface area contributed by atoms with Crippen molar-refractivity contribution >= 4 is 27.5 Å². The van der Waals surface area contributed by atoms with Crippen LogP contribution >= 0.6 is 11.3 Å². The third kappa shape index (κ3) is 2.80. The number of hydrogen-bond acceptors (Lipinski definition) is 3. The van der Waals surface area contributed by atoms with E-state index in [1.807, 2.05) is 41.8 Å². The average molecular weight is 326 g/mol. The van der Waals surface area contributed by atoms with Gasteiger partial charge in [-0.3, -0.25) is 4.79 Å². The molecule has 1 aromatic heterocycles. The Bertz CT molecular complexity index is 923. The zero-order valence-corrected chi connectivity index (χ0v) is 14.2. The fraction of sp³-hybridized carbons (Fsp3) is 0.222. The highest BCUT2D eigenvalue weighted by molar-refractivity contribution is 7.16. The number of rotatable bonds is 3. The van der Waals surface area contributed by atoms with Gasteiger partial charge in [0, 0.05) is 12.1 Å². The molecule has 0 unspecified atom stereocenters. The highest BCUT2D eigenvalue weighted by atomic mass is 32.1. The number of carbonyl (C=O) groups is 1. The van der Waals surface area contributed by atoms with Crippen LogP contribution in [0.2, 0.25) is 0 Å². The highest BCUT2D eigenvalue weighted by Gasteiger charge is 2.13. The summed E-state index contributed by atoms with van der Waals surface area (Å²) in [6, 6.07) is 13.1. The Balaban J connectivity index is 2.24. The van der Waals surface area contributed by atoms with Gasteiger partial charge in [-0.15, -0.1) is 0 Å². The Labute approximate surface area is 138 Å². The Kier molecular flexibility index (Phi) is 4.30. The maximum absolute atomic E-state index is 12.4. The molecule has 0 saturated heterocycles. The second-order valence-corrected chi connectivity index (χ2v) is 6.15. The Morgan fingerprint density at radius 2 is 1.96 bits per heavy atom. The third-order valence-corrected chi connectivity index (χ3v) is 4.95. The van der Waals surface area contributed by atoms with Crippen molar-refractivity contribution in [1.82, 2.24) is 4.57 Å². The molecule has 23 heavy (non-hydrogen) atoms. The quantitative estimate of drug-likeness (QED) is 0.735. The van der Waals surface area contributed by atoms with Crippen LogP contribution in [0.5, 0.6) is 5.75 Å². The molecule has 3 aromatic rings. The van der Waals surface area contributed by atoms with Gasteiger partial charge in [-0.1, -0.05) is 35.6 Å². The third-order valence-electron chi connectivity index (χ3n) is 3.74. The minimum atomic E-state index is -0.226. The number of benzene rings is 2. The summed E-state index contributed by atoms with van der Waals surface area (Å²) in [5, 5.41) is 0. The van der Waals surface area contributed by atoms with Crippen LogP contribution < -0.4 is 9.54 Å². The average Bonchev–Trinajstić information content (AvgIpc) is 2.95. The number of aryl methyl sites for hydroxylation is 2. The van der Waals surface area contributed by atoms with E-state index in [0.29, 0.717) is 10.4 Å². The van der Waals surface area contributed by atoms with Crippen molar-refractivity contribution in [3.05, 3.63) is 58.4 Å². The van der Waals surface area contributed by atoms with Gasteiger partial charge in [0.2, 0.25) is 0 Å². The number of nitrogens with zero attached hydrogens (tertiary/aromatic N) is 2. The van der Waals surface area contributed by atoms with Gasteiger partial charge in [0.15, 0.2) is 4.80 Å². The number of amides is 1. The van der Waals surface area contributed by atoms with Crippen molar-refractivity contribution < 1.29 is 9.53 Å². The molecule has 0 radical (unpaired) electrons. The number of thiazole rings is 1. The standard InChI is InChI=1S/C18H18N2O2S/c1-4-20-15-14(22-3)11-10-12(2)16(15)23-18(20)19-17(21)13-8-6-5-7-9-13/h5-11H,4H2,1-3H3. The molecule has 4 nitrogen and oxygen atoms in total. The van der Waals surface area contributed by atoms with Crippen molar-refractivity contribution in [3.8, 4) is 5.75 Å². The van der Waals surface area contributed by atoms with Gasteiger partial charge in [-0.25, -0.2) is 0 Å². The summed E-state index contributed by atoms with van der Waals surface area (Å²) in [4.78, 5) is 17.4. The first kappa shape index (κ1) is 15.5. The number of ether oxygens (including phenoxy) is 1. The van der Waals surface area contributed by atoms with Crippen LogP contribution in [0.1, 0.15) is 22.8 Å². The second kappa shape index (κ2) is 6.38. The van der Waals surface area contributed by atoms with Crippen LogP contribution in [0.25, 0.3) is 10.2 Å². The molecule has 0 aliphatic rings. The number of hydrogen-bond donors (Lipinski definition) is 0. The predicted molar refractivity (Wildman–Crippen MR) is 93.1 cm³/mol. The molecule has 0 spiro atoms. The Morgan fingerprint density at radius 3 is 2.61 bits per heavy atom. The molecular weight excluding hydrogens is 308 g/mol. The van der Waals surface area contributed by atoms with Crippen molar-refractivity contribution in [2.24, 2.45) is 4.99 Å². The summed E-state index contributed by atoms with van der Waals surface area (Å²) in [5.41, 5.74) is 2.75. The van der Waals surface area contributed by atoms with Crippen LogP contribution in [-0.2, 0) is 6.54 Å². The maximum atomic E-state index is 12.4. The number of carbonyl (C=O) groups excluding carboxylic acids is 1. The van der Waals surface area contributed by atoms with E-state index in [2.05, 4.69) is 11.9 Å². The molecular formula is C18H18N2O2S. The fourth-order valence-electron chi connectivity index (χ4n) is 2.55. The lowest BCUT2D eigenvalue weighted by molar-refractivity contribution is 0.0998. The molecule has 0 aliphatic carbocycles. The fourth-order valence-corrected chi connectivity index (χ4v) is 3.73. The number of aromatic nitrogens is 1. The molecule has 5 heteroatoms. The van der Waals surface area contributed by atoms with Crippen molar-refractivity contribution in [3.63, 3.8) is 0 Å². The molecule has 2 aromatic carbocycles. The Morgan fingerprint density at radius 1 is 1.22 bits per heavy atom. The zero-order chi connectivity index (χ0) is 16.4. The first-order valence-electron chi connectivity index (χ1n) is 7.46. The largest absolute Gasteiger partial charge is 0.495 e. The number of methoxy groups -OCH3 is 1. The van der Waals surface area contributed by atoms with Gasteiger partial charge < -0.3 is 9.30 Å². The molecule has 0 atom stereocenters. The maximum Gasteiger partial charge on any atom is 0.279 e. The topological polar surface area (TPSA) is 43.6 Å². The lowest BCUT2D eigenvalue weighted by Gasteiger charge is -2.07. The molecule has 0 saturated carbocycles. The van der Waals surface area contributed by atoms with Gasteiger partial charge in [-0.2, -0.15) is 4.99 Å². The van der Waals surface area contributed by atoms with Crippen molar-refractivity contribution in [2.45, 2.75) is 20.4 Å². The van der Waals surface area contributed by atoms with E-state index < -0.39 is 0 Å². The first-order valence-corrected chi connectivity index (χ1v) is 8.28. The summed E-state index contributed by atoms with van der Waals surface area (Å²) in [6.45, 7) is 4.82. The van der Waals surface area contributed by atoms with Gasteiger partial charge in [0.05, 0.1) is 11.8 Å². The molecule has 1 amide bonds. The van der Waals surface area contributed by atoms with E-state index in [1.54, 1.807) is 19.2 Å². The van der Waals surface area contributed by atoms with Gasteiger partial charge in [0.25, 0.3) is 5.91 Å². The van der Waals surface area contributed by atoms with Crippen LogP contribution in [0.4, 0.5) is 0 Å². The van der Waals surface area contributed by atoms with Crippen molar-refractivity contribution in [1.29, 1.82) is 0 Å². The molecule has 118 valence electrons. The lowest BCUT2D eigenvalue weighted by Crippen LogP contribution is -2.16. The van der Waals surface area contributed by atoms with Crippen LogP contribution in [0.15, 0.2) is 47.5 Å². The van der Waals surface area contributed by atoms with Gasteiger partial charge in [-0.05, 0) is 37.6 Å². The Hall–Kier alpha value is -2.40. The first-order chi connectivity index (χ1) is 11.2. The lowest BCUT2D eigenvalue weighted by atomic mass is 10.2.